The molecule has 0 aliphatic rings. The number of carbonyl (C=O) groups is 2. The zero-order valence-corrected chi connectivity index (χ0v) is 27.5. The van der Waals surface area contributed by atoms with Gasteiger partial charge in [0.15, 0.2) is 0 Å². The molecule has 0 fully saturated rings. The fourth-order valence-electron chi connectivity index (χ4n) is 4.76. The standard InChI is InChI=1S/C34H36IN3O4S/c1-25(2)36-34(40)32(22-27-13-6-4-7-14-27)37(23-28-15-11-10-12-26(28)3)33(39)24-38(30-20-18-29(35)19-21-30)43(41,42)31-16-8-5-9-17-31/h4-21,25,32H,22-24H2,1-3H3,(H,36,40). The molecule has 4 aromatic rings. The van der Waals surface area contributed by atoms with Crippen LogP contribution in [0.5, 0.6) is 0 Å². The van der Waals surface area contributed by atoms with Gasteiger partial charge in [-0.2, -0.15) is 0 Å². The number of hydrogen-bond donors (Lipinski definition) is 1. The van der Waals surface area contributed by atoms with Gasteiger partial charge in [0, 0.05) is 22.6 Å². The smallest absolute Gasteiger partial charge is 0.264 e. The van der Waals surface area contributed by atoms with E-state index >= 15 is 0 Å². The van der Waals surface area contributed by atoms with Crippen LogP contribution in [0.4, 0.5) is 5.69 Å². The van der Waals surface area contributed by atoms with Gasteiger partial charge in [-0.15, -0.1) is 0 Å². The molecule has 0 bridgehead atoms. The van der Waals surface area contributed by atoms with Gasteiger partial charge in [-0.3, -0.25) is 13.9 Å². The summed E-state index contributed by atoms with van der Waals surface area (Å²) < 4.78 is 30.1. The third kappa shape index (κ3) is 8.45. The molecule has 0 aliphatic heterocycles. The normalized spacial score (nSPS) is 12.0. The monoisotopic (exact) mass is 709 g/mol. The third-order valence-electron chi connectivity index (χ3n) is 7.03. The fraction of sp³-hybridized carbons (Fsp3) is 0.235. The summed E-state index contributed by atoms with van der Waals surface area (Å²) in [5, 5.41) is 2.98. The molecule has 0 spiro atoms. The molecule has 2 amide bonds. The molecule has 0 saturated heterocycles. The van der Waals surface area contributed by atoms with Crippen molar-refractivity contribution in [3.8, 4) is 0 Å². The van der Waals surface area contributed by atoms with Crippen LogP contribution in [0.3, 0.4) is 0 Å². The van der Waals surface area contributed by atoms with Crippen molar-refractivity contribution in [2.24, 2.45) is 0 Å². The number of nitrogens with zero attached hydrogens (tertiary/aromatic N) is 2. The summed E-state index contributed by atoms with van der Waals surface area (Å²) in [6.45, 7) is 5.35. The predicted molar refractivity (Wildman–Crippen MR) is 179 cm³/mol. The molecule has 4 aromatic carbocycles. The van der Waals surface area contributed by atoms with E-state index in [0.29, 0.717) is 5.69 Å². The molecule has 0 aliphatic carbocycles. The molecule has 0 aromatic heterocycles. The Hall–Kier alpha value is -3.70. The van der Waals surface area contributed by atoms with Crippen LogP contribution in [0.15, 0.2) is 114 Å². The Balaban J connectivity index is 1.80. The maximum Gasteiger partial charge on any atom is 0.264 e. The Kier molecular flexibility index (Phi) is 11.0. The minimum Gasteiger partial charge on any atom is -0.352 e. The van der Waals surface area contributed by atoms with Gasteiger partial charge in [-0.25, -0.2) is 8.42 Å². The van der Waals surface area contributed by atoms with E-state index in [1.54, 1.807) is 42.5 Å². The van der Waals surface area contributed by atoms with Crippen LogP contribution in [-0.2, 0) is 32.6 Å². The Morgan fingerprint density at radius 1 is 0.814 bits per heavy atom. The summed E-state index contributed by atoms with van der Waals surface area (Å²) >= 11 is 2.15. The SMILES string of the molecule is Cc1ccccc1CN(C(=O)CN(c1ccc(I)cc1)S(=O)(=O)c1ccccc1)C(Cc1ccccc1)C(=O)NC(C)C. The second kappa shape index (κ2) is 14.7. The number of sulfonamides is 1. The molecule has 224 valence electrons. The Labute approximate surface area is 268 Å². The molecule has 43 heavy (non-hydrogen) atoms. The molecule has 1 atom stereocenters. The van der Waals surface area contributed by atoms with Crippen molar-refractivity contribution in [2.75, 3.05) is 10.8 Å². The quantitative estimate of drug-likeness (QED) is 0.184. The van der Waals surface area contributed by atoms with E-state index in [4.69, 9.17) is 0 Å². The average Bonchev–Trinajstić information content (AvgIpc) is 2.99. The van der Waals surface area contributed by atoms with Crippen molar-refractivity contribution >= 4 is 50.1 Å². The number of anilines is 1. The number of benzene rings is 4. The lowest BCUT2D eigenvalue weighted by Gasteiger charge is -2.34. The average molecular weight is 710 g/mol. The van der Waals surface area contributed by atoms with Gasteiger partial charge in [0.25, 0.3) is 10.0 Å². The zero-order valence-electron chi connectivity index (χ0n) is 24.5. The molecule has 0 heterocycles. The van der Waals surface area contributed by atoms with E-state index in [0.717, 1.165) is 24.6 Å². The first-order chi connectivity index (χ1) is 20.6. The lowest BCUT2D eigenvalue weighted by atomic mass is 10.0. The highest BCUT2D eigenvalue weighted by Gasteiger charge is 2.35. The molecule has 7 nitrogen and oxygen atoms in total. The van der Waals surface area contributed by atoms with Crippen LogP contribution < -0.4 is 9.62 Å². The van der Waals surface area contributed by atoms with Crippen LogP contribution >= 0.6 is 22.6 Å². The van der Waals surface area contributed by atoms with E-state index in [-0.39, 0.29) is 29.8 Å². The third-order valence-corrected chi connectivity index (χ3v) is 9.54. The first-order valence-corrected chi connectivity index (χ1v) is 16.6. The van der Waals surface area contributed by atoms with Gasteiger partial charge in [-0.05, 0) is 96.5 Å². The number of nitrogens with one attached hydrogen (secondary N) is 1. The van der Waals surface area contributed by atoms with Gasteiger partial charge in [0.2, 0.25) is 11.8 Å². The summed E-state index contributed by atoms with van der Waals surface area (Å²) in [7, 11) is -4.12. The molecular weight excluding hydrogens is 673 g/mol. The highest BCUT2D eigenvalue weighted by Crippen LogP contribution is 2.26. The maximum absolute atomic E-state index is 14.4. The minimum absolute atomic E-state index is 0.0743. The minimum atomic E-state index is -4.12. The van der Waals surface area contributed by atoms with E-state index < -0.39 is 28.5 Å². The van der Waals surface area contributed by atoms with Crippen LogP contribution in [0, 0.1) is 10.5 Å². The van der Waals surface area contributed by atoms with Gasteiger partial charge in [0.1, 0.15) is 12.6 Å². The topological polar surface area (TPSA) is 86.8 Å². The van der Waals surface area contributed by atoms with Crippen molar-refractivity contribution < 1.29 is 18.0 Å². The number of aryl methyl sites for hydroxylation is 1. The summed E-state index contributed by atoms with van der Waals surface area (Å²) in [5.74, 6) is -0.784. The van der Waals surface area contributed by atoms with Crippen LogP contribution in [0.25, 0.3) is 0 Å². The van der Waals surface area contributed by atoms with Crippen molar-refractivity contribution in [3.05, 3.63) is 129 Å². The Bertz CT molecular complexity index is 1630. The van der Waals surface area contributed by atoms with Crippen LogP contribution in [0.1, 0.15) is 30.5 Å². The summed E-state index contributed by atoms with van der Waals surface area (Å²) in [6, 6.07) is 31.2. The predicted octanol–water partition coefficient (Wildman–Crippen LogP) is 5.96. The molecule has 4 rings (SSSR count). The number of halogens is 1. The van der Waals surface area contributed by atoms with Crippen LogP contribution in [0.2, 0.25) is 0 Å². The van der Waals surface area contributed by atoms with E-state index in [1.807, 2.05) is 75.4 Å². The molecule has 1 unspecified atom stereocenters. The molecule has 9 heteroatoms. The zero-order chi connectivity index (χ0) is 31.0. The maximum atomic E-state index is 14.4. The molecule has 0 saturated carbocycles. The Morgan fingerprint density at radius 2 is 1.40 bits per heavy atom. The fourth-order valence-corrected chi connectivity index (χ4v) is 6.56. The highest BCUT2D eigenvalue weighted by atomic mass is 127. The van der Waals surface area contributed by atoms with E-state index in [9.17, 15) is 18.0 Å². The molecule has 0 radical (unpaired) electrons. The van der Waals surface area contributed by atoms with Crippen molar-refractivity contribution in [1.29, 1.82) is 0 Å². The summed E-state index contributed by atoms with van der Waals surface area (Å²) in [4.78, 5) is 29.8. The largest absolute Gasteiger partial charge is 0.352 e. The van der Waals surface area contributed by atoms with Gasteiger partial charge < -0.3 is 10.2 Å². The lowest BCUT2D eigenvalue weighted by molar-refractivity contribution is -0.140. The molecule has 1 N–H and O–H groups in total. The second-order valence-electron chi connectivity index (χ2n) is 10.6. The van der Waals surface area contributed by atoms with Crippen molar-refractivity contribution in [3.63, 3.8) is 0 Å². The number of carbonyl (C=O) groups excluding carboxylic acids is 2. The first kappa shape index (κ1) is 32.2. The number of amides is 2. The number of hydrogen-bond acceptors (Lipinski definition) is 4. The van der Waals surface area contributed by atoms with Gasteiger partial charge >= 0.3 is 0 Å². The first-order valence-electron chi connectivity index (χ1n) is 14.1. The molecular formula is C34H36IN3O4S. The lowest BCUT2D eigenvalue weighted by Crippen LogP contribution is -2.54. The number of rotatable bonds is 12. The Morgan fingerprint density at radius 3 is 2.00 bits per heavy atom. The van der Waals surface area contributed by atoms with E-state index in [2.05, 4.69) is 27.9 Å². The van der Waals surface area contributed by atoms with E-state index in [1.165, 1.54) is 17.0 Å². The highest BCUT2D eigenvalue weighted by molar-refractivity contribution is 14.1. The second-order valence-corrected chi connectivity index (χ2v) is 13.7. The van der Waals surface area contributed by atoms with Gasteiger partial charge in [-0.1, -0.05) is 72.8 Å². The van der Waals surface area contributed by atoms with Crippen LogP contribution in [-0.4, -0.2) is 43.8 Å². The van der Waals surface area contributed by atoms with Crippen molar-refractivity contribution in [1.82, 2.24) is 10.2 Å². The van der Waals surface area contributed by atoms with Crippen molar-refractivity contribution in [2.45, 2.75) is 50.7 Å². The van der Waals surface area contributed by atoms with Gasteiger partial charge in [0.05, 0.1) is 10.6 Å². The summed E-state index contributed by atoms with van der Waals surface area (Å²) in [5.41, 5.74) is 3.09. The summed E-state index contributed by atoms with van der Waals surface area (Å²) in [6.07, 6.45) is 0.270.